The van der Waals surface area contributed by atoms with Crippen LogP contribution in [0, 0.1) is 10.1 Å². The Kier molecular flexibility index (Phi) is 5.87. The lowest BCUT2D eigenvalue weighted by atomic mass is 10.2. The topological polar surface area (TPSA) is 119 Å². The van der Waals surface area contributed by atoms with Crippen molar-refractivity contribution in [1.29, 1.82) is 0 Å². The summed E-state index contributed by atoms with van der Waals surface area (Å²) in [6.07, 6.45) is 0.146. The molecule has 0 aromatic heterocycles. The number of hydrogen-bond acceptors (Lipinski definition) is 6. The number of nitrogens with one attached hydrogen (secondary N) is 1. The molecule has 0 saturated carbocycles. The van der Waals surface area contributed by atoms with Crippen LogP contribution in [-0.2, 0) is 14.3 Å². The maximum absolute atomic E-state index is 12.3. The molecule has 2 amide bonds. The normalized spacial score (nSPS) is 14.4. The number of rotatable bonds is 6. The zero-order chi connectivity index (χ0) is 21.0. The van der Waals surface area contributed by atoms with E-state index in [1.54, 1.807) is 23.1 Å². The van der Waals surface area contributed by atoms with Gasteiger partial charge in [-0.2, -0.15) is 0 Å². The quantitative estimate of drug-likeness (QED) is 0.455. The minimum Gasteiger partial charge on any atom is -0.449 e. The van der Waals surface area contributed by atoms with Crippen LogP contribution in [0.4, 0.5) is 17.1 Å². The molecule has 2 aromatic carbocycles. The molecule has 1 saturated heterocycles. The highest BCUT2D eigenvalue weighted by Gasteiger charge is 2.24. The number of nitrogens with zero attached hydrogens (tertiary/aromatic N) is 2. The molecule has 9 heteroatoms. The summed E-state index contributed by atoms with van der Waals surface area (Å²) >= 11 is 0. The van der Waals surface area contributed by atoms with Gasteiger partial charge in [-0.3, -0.25) is 19.7 Å². The summed E-state index contributed by atoms with van der Waals surface area (Å²) in [4.78, 5) is 48.4. The third-order valence-corrected chi connectivity index (χ3v) is 4.50. The molecule has 3 rings (SSSR count). The van der Waals surface area contributed by atoms with E-state index in [-0.39, 0.29) is 22.8 Å². The zero-order valence-electron chi connectivity index (χ0n) is 15.7. The Morgan fingerprint density at radius 2 is 1.86 bits per heavy atom. The van der Waals surface area contributed by atoms with Crippen LogP contribution in [0.5, 0.6) is 0 Å². The molecule has 9 nitrogen and oxygen atoms in total. The first-order valence-electron chi connectivity index (χ1n) is 9.02. The highest BCUT2D eigenvalue weighted by atomic mass is 16.6. The fourth-order valence-corrected chi connectivity index (χ4v) is 2.95. The summed E-state index contributed by atoms with van der Waals surface area (Å²) in [7, 11) is 0. The van der Waals surface area contributed by atoms with Crippen LogP contribution in [0.2, 0.25) is 0 Å². The standard InChI is InChI=1S/C20H19N3O6/c1-13(19(25)21-16-5-2-3-6-17(16)23(27)28)29-20(26)14-8-10-15(11-9-14)22-12-4-7-18(22)24/h2-3,5-6,8-11,13H,4,7,12H2,1H3,(H,21,25)/t13-/m0/s1. The Labute approximate surface area is 166 Å². The third kappa shape index (κ3) is 4.57. The van der Waals surface area contributed by atoms with Crippen LogP contribution < -0.4 is 10.2 Å². The molecule has 1 atom stereocenters. The maximum atomic E-state index is 12.3. The second kappa shape index (κ2) is 8.51. The number of carbonyl (C=O) groups excluding carboxylic acids is 3. The number of para-hydroxylation sites is 2. The average Bonchev–Trinajstić information content (AvgIpc) is 3.14. The summed E-state index contributed by atoms with van der Waals surface area (Å²) in [5.74, 6) is -1.36. The Morgan fingerprint density at radius 1 is 1.17 bits per heavy atom. The van der Waals surface area contributed by atoms with Crippen molar-refractivity contribution in [2.24, 2.45) is 0 Å². The first kappa shape index (κ1) is 20.0. The fourth-order valence-electron chi connectivity index (χ4n) is 2.95. The number of esters is 1. The molecule has 150 valence electrons. The Bertz CT molecular complexity index is 957. The lowest BCUT2D eigenvalue weighted by Crippen LogP contribution is -2.30. The number of hydrogen-bond donors (Lipinski definition) is 1. The number of nitro groups is 1. The van der Waals surface area contributed by atoms with Gasteiger partial charge in [0.1, 0.15) is 5.69 Å². The first-order chi connectivity index (χ1) is 13.9. The second-order valence-electron chi connectivity index (χ2n) is 6.51. The fraction of sp³-hybridized carbons (Fsp3) is 0.250. The molecule has 0 bridgehead atoms. The predicted molar refractivity (Wildman–Crippen MR) is 105 cm³/mol. The molecule has 0 aliphatic carbocycles. The molecule has 2 aromatic rings. The van der Waals surface area contributed by atoms with Crippen molar-refractivity contribution in [3.05, 3.63) is 64.2 Å². The maximum Gasteiger partial charge on any atom is 0.338 e. The molecule has 0 unspecified atom stereocenters. The van der Waals surface area contributed by atoms with Crippen molar-refractivity contribution >= 4 is 34.8 Å². The van der Waals surface area contributed by atoms with Gasteiger partial charge in [-0.05, 0) is 43.7 Å². The molecule has 0 radical (unpaired) electrons. The van der Waals surface area contributed by atoms with Gasteiger partial charge in [-0.25, -0.2) is 4.79 Å². The van der Waals surface area contributed by atoms with Crippen LogP contribution in [0.25, 0.3) is 0 Å². The summed E-state index contributed by atoms with van der Waals surface area (Å²) in [6.45, 7) is 2.02. The molecule has 0 spiro atoms. The molecule has 1 N–H and O–H groups in total. The minimum atomic E-state index is -1.16. The van der Waals surface area contributed by atoms with Gasteiger partial charge in [0.15, 0.2) is 6.10 Å². The van der Waals surface area contributed by atoms with E-state index in [4.69, 9.17) is 4.74 Å². The van der Waals surface area contributed by atoms with E-state index in [1.807, 2.05) is 0 Å². The highest BCUT2D eigenvalue weighted by Crippen LogP contribution is 2.24. The minimum absolute atomic E-state index is 0.0185. The summed E-state index contributed by atoms with van der Waals surface area (Å²) < 4.78 is 5.16. The average molecular weight is 397 g/mol. The smallest absolute Gasteiger partial charge is 0.338 e. The van der Waals surface area contributed by atoms with Gasteiger partial charge in [0.25, 0.3) is 11.6 Å². The van der Waals surface area contributed by atoms with Gasteiger partial charge in [0.2, 0.25) is 5.91 Å². The van der Waals surface area contributed by atoms with E-state index >= 15 is 0 Å². The van der Waals surface area contributed by atoms with Crippen LogP contribution >= 0.6 is 0 Å². The van der Waals surface area contributed by atoms with Crippen LogP contribution in [0.1, 0.15) is 30.1 Å². The molecular weight excluding hydrogens is 378 g/mol. The van der Waals surface area contributed by atoms with Crippen molar-refractivity contribution in [2.75, 3.05) is 16.8 Å². The second-order valence-corrected chi connectivity index (χ2v) is 6.51. The van der Waals surface area contributed by atoms with Crippen molar-refractivity contribution in [3.8, 4) is 0 Å². The van der Waals surface area contributed by atoms with Crippen molar-refractivity contribution in [3.63, 3.8) is 0 Å². The Balaban J connectivity index is 1.62. The molecule has 1 aliphatic rings. The highest BCUT2D eigenvalue weighted by molar-refractivity contribution is 5.99. The van der Waals surface area contributed by atoms with E-state index in [2.05, 4.69) is 5.32 Å². The number of nitro benzene ring substituents is 1. The molecular formula is C20H19N3O6. The first-order valence-corrected chi connectivity index (χ1v) is 9.02. The van der Waals surface area contributed by atoms with Gasteiger partial charge in [0, 0.05) is 24.7 Å². The molecule has 1 heterocycles. The number of amides is 2. The lowest BCUT2D eigenvalue weighted by molar-refractivity contribution is -0.383. The van der Waals surface area contributed by atoms with E-state index in [0.29, 0.717) is 18.7 Å². The van der Waals surface area contributed by atoms with Crippen LogP contribution in [-0.4, -0.2) is 35.4 Å². The van der Waals surface area contributed by atoms with Crippen molar-refractivity contribution in [2.45, 2.75) is 25.9 Å². The summed E-state index contributed by atoms with van der Waals surface area (Å²) in [6, 6.07) is 12.0. The monoisotopic (exact) mass is 397 g/mol. The third-order valence-electron chi connectivity index (χ3n) is 4.50. The SMILES string of the molecule is C[C@H](OC(=O)c1ccc(N2CCCC2=O)cc1)C(=O)Nc1ccccc1[N+](=O)[O-]. The summed E-state index contributed by atoms with van der Waals surface area (Å²) in [5, 5.41) is 13.4. The van der Waals surface area contributed by atoms with Gasteiger partial charge >= 0.3 is 5.97 Å². The van der Waals surface area contributed by atoms with E-state index in [9.17, 15) is 24.5 Å². The van der Waals surface area contributed by atoms with Crippen LogP contribution in [0.15, 0.2) is 48.5 Å². The Morgan fingerprint density at radius 3 is 2.48 bits per heavy atom. The number of benzene rings is 2. The summed E-state index contributed by atoms with van der Waals surface area (Å²) in [5.41, 5.74) is 0.688. The van der Waals surface area contributed by atoms with Crippen molar-refractivity contribution in [1.82, 2.24) is 0 Å². The van der Waals surface area contributed by atoms with Gasteiger partial charge < -0.3 is 15.0 Å². The van der Waals surface area contributed by atoms with Crippen LogP contribution in [0.3, 0.4) is 0 Å². The number of ether oxygens (including phenoxy) is 1. The van der Waals surface area contributed by atoms with Gasteiger partial charge in [0.05, 0.1) is 10.5 Å². The lowest BCUT2D eigenvalue weighted by Gasteiger charge is -2.16. The van der Waals surface area contributed by atoms with E-state index in [1.165, 1.54) is 37.3 Å². The number of carbonyl (C=O) groups is 3. The zero-order valence-corrected chi connectivity index (χ0v) is 15.7. The largest absolute Gasteiger partial charge is 0.449 e. The molecule has 29 heavy (non-hydrogen) atoms. The van der Waals surface area contributed by atoms with Gasteiger partial charge in [-0.15, -0.1) is 0 Å². The Hall–Kier alpha value is -3.75. The van der Waals surface area contributed by atoms with Gasteiger partial charge in [-0.1, -0.05) is 12.1 Å². The molecule has 1 fully saturated rings. The van der Waals surface area contributed by atoms with E-state index in [0.717, 1.165) is 6.42 Å². The van der Waals surface area contributed by atoms with Crippen molar-refractivity contribution < 1.29 is 24.0 Å². The van der Waals surface area contributed by atoms with E-state index < -0.39 is 22.9 Å². The molecule has 1 aliphatic heterocycles. The number of anilines is 2. The predicted octanol–water partition coefficient (Wildman–Crippen LogP) is 2.91.